The van der Waals surface area contributed by atoms with E-state index in [-0.39, 0.29) is 19.0 Å². The molecule has 0 aromatic rings. The van der Waals surface area contributed by atoms with E-state index in [1.165, 1.54) is 0 Å². The minimum atomic E-state index is -2.44. The maximum absolute atomic E-state index is 12.5. The molecule has 1 atom stereocenters. The van der Waals surface area contributed by atoms with Gasteiger partial charge in [-0.1, -0.05) is 13.3 Å². The van der Waals surface area contributed by atoms with Crippen LogP contribution >= 0.6 is 0 Å². The van der Waals surface area contributed by atoms with E-state index < -0.39 is 5.92 Å². The van der Waals surface area contributed by atoms with Gasteiger partial charge in [-0.05, 0) is 13.3 Å². The Labute approximate surface area is 89.2 Å². The van der Waals surface area contributed by atoms with Crippen LogP contribution < -0.4 is 5.32 Å². The van der Waals surface area contributed by atoms with Crippen LogP contribution in [0.3, 0.4) is 0 Å². The van der Waals surface area contributed by atoms with Gasteiger partial charge in [-0.3, -0.25) is 4.79 Å². The van der Waals surface area contributed by atoms with E-state index in [1.54, 1.807) is 6.92 Å². The van der Waals surface area contributed by atoms with Crippen molar-refractivity contribution in [2.24, 2.45) is 0 Å². The van der Waals surface area contributed by atoms with E-state index in [2.05, 4.69) is 10.1 Å². The Hall–Kier alpha value is -0.710. The topological polar surface area (TPSA) is 38.3 Å². The van der Waals surface area contributed by atoms with Crippen LogP contribution in [0.15, 0.2) is 0 Å². The number of hydrogen-bond acceptors (Lipinski definition) is 3. The van der Waals surface area contributed by atoms with Gasteiger partial charge in [0.1, 0.15) is 0 Å². The first-order valence-electron chi connectivity index (χ1n) is 5.22. The number of carbonyl (C=O) groups is 1. The zero-order valence-corrected chi connectivity index (χ0v) is 9.26. The molecule has 0 aromatic carbocycles. The molecule has 1 aliphatic heterocycles. The number of halogens is 2. The zero-order chi connectivity index (χ0) is 11.7. The molecule has 1 fully saturated rings. The summed E-state index contributed by atoms with van der Waals surface area (Å²) in [6, 6.07) is 0.0556. The van der Waals surface area contributed by atoms with E-state index in [1.807, 2.05) is 6.92 Å². The predicted octanol–water partition coefficient (Wildman–Crippen LogP) is 1.96. The molecule has 0 radical (unpaired) electrons. The molecule has 0 spiro atoms. The molecule has 1 saturated heterocycles. The average molecular weight is 223 g/mol. The summed E-state index contributed by atoms with van der Waals surface area (Å²) < 4.78 is 29.1. The van der Waals surface area contributed by atoms with Crippen molar-refractivity contribution in [3.63, 3.8) is 0 Å². The maximum atomic E-state index is 12.5. The molecular formula is C10H19F2NO2. The first-order valence-corrected chi connectivity index (χ1v) is 5.22. The fourth-order valence-electron chi connectivity index (χ4n) is 1.42. The normalized spacial score (nSPS) is 22.8. The van der Waals surface area contributed by atoms with Crippen molar-refractivity contribution in [3.05, 3.63) is 0 Å². The smallest absolute Gasteiger partial charge is 0.293 e. The number of rotatable bonds is 4. The lowest BCUT2D eigenvalue weighted by Crippen LogP contribution is -2.22. The number of ether oxygens (including phenoxy) is 1. The summed E-state index contributed by atoms with van der Waals surface area (Å²) in [4.78, 5) is 9.18. The van der Waals surface area contributed by atoms with Crippen LogP contribution in [0.2, 0.25) is 0 Å². The summed E-state index contributed by atoms with van der Waals surface area (Å²) in [5.74, 6) is -2.44. The number of carbonyl (C=O) groups excluding carboxylic acids is 1. The molecule has 0 aromatic heterocycles. The molecule has 1 heterocycles. The van der Waals surface area contributed by atoms with Gasteiger partial charge in [0.25, 0.3) is 12.4 Å². The highest BCUT2D eigenvalue weighted by molar-refractivity contribution is 5.36. The van der Waals surface area contributed by atoms with Crippen LogP contribution in [0.4, 0.5) is 8.78 Å². The minimum absolute atomic E-state index is 0.0286. The minimum Gasteiger partial charge on any atom is -0.468 e. The lowest BCUT2D eigenvalue weighted by Gasteiger charge is -2.07. The second-order valence-electron chi connectivity index (χ2n) is 3.48. The van der Waals surface area contributed by atoms with Crippen molar-refractivity contribution >= 4 is 6.47 Å². The third-order valence-electron chi connectivity index (χ3n) is 2.07. The number of alkyl halides is 2. The molecule has 1 rings (SSSR count). The molecule has 0 bridgehead atoms. The SMILES string of the molecule is CCCC1CC(F)(F)CN1.CCOC=O. The summed E-state index contributed by atoms with van der Waals surface area (Å²) in [7, 11) is 0. The molecule has 5 heteroatoms. The standard InChI is InChI=1S/C7H13F2N.C3H6O2/c1-2-3-6-4-7(8,9)5-10-6;1-2-5-3-4/h6,10H,2-5H2,1H3;3H,2H2,1H3. The molecule has 15 heavy (non-hydrogen) atoms. The van der Waals surface area contributed by atoms with Crippen LogP contribution in [-0.4, -0.2) is 31.6 Å². The van der Waals surface area contributed by atoms with E-state index in [0.717, 1.165) is 12.8 Å². The molecule has 0 amide bonds. The monoisotopic (exact) mass is 223 g/mol. The second-order valence-corrected chi connectivity index (χ2v) is 3.48. The molecular weight excluding hydrogens is 204 g/mol. The van der Waals surface area contributed by atoms with Crippen LogP contribution in [0.25, 0.3) is 0 Å². The largest absolute Gasteiger partial charge is 0.468 e. The molecule has 90 valence electrons. The zero-order valence-electron chi connectivity index (χ0n) is 9.26. The van der Waals surface area contributed by atoms with Crippen LogP contribution in [0.5, 0.6) is 0 Å². The second kappa shape index (κ2) is 7.56. The highest BCUT2D eigenvalue weighted by atomic mass is 19.3. The Morgan fingerprint density at radius 1 is 1.53 bits per heavy atom. The first-order chi connectivity index (χ1) is 7.05. The summed E-state index contributed by atoms with van der Waals surface area (Å²) in [6.07, 6.45) is 1.88. The molecule has 0 aliphatic carbocycles. The van der Waals surface area contributed by atoms with Crippen molar-refractivity contribution in [2.75, 3.05) is 13.2 Å². The molecule has 1 aliphatic rings. The van der Waals surface area contributed by atoms with Gasteiger partial charge in [0.05, 0.1) is 13.2 Å². The summed E-state index contributed by atoms with van der Waals surface area (Å²) in [5.41, 5.74) is 0. The van der Waals surface area contributed by atoms with Gasteiger partial charge in [0.2, 0.25) is 0 Å². The Bertz CT molecular complexity index is 177. The third-order valence-corrected chi connectivity index (χ3v) is 2.07. The Balaban J connectivity index is 0.000000336. The fourth-order valence-corrected chi connectivity index (χ4v) is 1.42. The van der Waals surface area contributed by atoms with Gasteiger partial charge in [-0.15, -0.1) is 0 Å². The quantitative estimate of drug-likeness (QED) is 0.740. The van der Waals surface area contributed by atoms with Gasteiger partial charge < -0.3 is 10.1 Å². The van der Waals surface area contributed by atoms with E-state index in [4.69, 9.17) is 0 Å². The van der Waals surface area contributed by atoms with Crippen LogP contribution in [0, 0.1) is 0 Å². The van der Waals surface area contributed by atoms with Gasteiger partial charge in [-0.2, -0.15) is 0 Å². The summed E-state index contributed by atoms with van der Waals surface area (Å²) in [6.45, 7) is 4.55. The Morgan fingerprint density at radius 3 is 2.47 bits per heavy atom. The average Bonchev–Trinajstić information content (AvgIpc) is 2.49. The van der Waals surface area contributed by atoms with Crippen molar-refractivity contribution in [1.29, 1.82) is 0 Å². The maximum Gasteiger partial charge on any atom is 0.293 e. The lowest BCUT2D eigenvalue weighted by molar-refractivity contribution is -0.128. The predicted molar refractivity (Wildman–Crippen MR) is 54.0 cm³/mol. The lowest BCUT2D eigenvalue weighted by atomic mass is 10.1. The van der Waals surface area contributed by atoms with Crippen molar-refractivity contribution < 1.29 is 18.3 Å². The van der Waals surface area contributed by atoms with Crippen molar-refractivity contribution in [2.45, 2.75) is 45.1 Å². The van der Waals surface area contributed by atoms with Gasteiger partial charge in [0, 0.05) is 12.5 Å². The third kappa shape index (κ3) is 7.25. The summed E-state index contributed by atoms with van der Waals surface area (Å²) in [5, 5.41) is 2.80. The summed E-state index contributed by atoms with van der Waals surface area (Å²) >= 11 is 0. The number of hydrogen-bond donors (Lipinski definition) is 1. The molecule has 1 N–H and O–H groups in total. The van der Waals surface area contributed by atoms with Crippen molar-refractivity contribution in [3.8, 4) is 0 Å². The highest BCUT2D eigenvalue weighted by Crippen LogP contribution is 2.26. The van der Waals surface area contributed by atoms with E-state index >= 15 is 0 Å². The fraction of sp³-hybridized carbons (Fsp3) is 0.900. The van der Waals surface area contributed by atoms with Crippen LogP contribution in [0.1, 0.15) is 33.1 Å². The van der Waals surface area contributed by atoms with E-state index in [9.17, 15) is 13.6 Å². The van der Waals surface area contributed by atoms with Crippen LogP contribution in [-0.2, 0) is 9.53 Å². The molecule has 3 nitrogen and oxygen atoms in total. The number of nitrogens with one attached hydrogen (secondary N) is 1. The first kappa shape index (κ1) is 14.3. The van der Waals surface area contributed by atoms with Gasteiger partial charge in [0.15, 0.2) is 0 Å². The molecule has 0 saturated carbocycles. The Morgan fingerprint density at radius 2 is 2.20 bits per heavy atom. The highest BCUT2D eigenvalue weighted by Gasteiger charge is 2.38. The Kier molecular flexibility index (Phi) is 7.21. The van der Waals surface area contributed by atoms with E-state index in [0.29, 0.717) is 13.1 Å². The van der Waals surface area contributed by atoms with Gasteiger partial charge >= 0.3 is 0 Å². The van der Waals surface area contributed by atoms with Gasteiger partial charge in [-0.25, -0.2) is 8.78 Å². The molecule has 1 unspecified atom stereocenters. The van der Waals surface area contributed by atoms with Crippen molar-refractivity contribution in [1.82, 2.24) is 5.32 Å².